The van der Waals surface area contributed by atoms with Crippen LogP contribution in [0.25, 0.3) is 5.57 Å². The van der Waals surface area contributed by atoms with Gasteiger partial charge in [0, 0.05) is 17.4 Å². The minimum atomic E-state index is -1.04. The van der Waals surface area contributed by atoms with Gasteiger partial charge in [0.05, 0.1) is 0 Å². The Labute approximate surface area is 173 Å². The van der Waals surface area contributed by atoms with E-state index in [-0.39, 0.29) is 23.1 Å². The fraction of sp³-hybridized carbons (Fsp3) is 0.192. The number of allylic oxidation sites excluding steroid dienone is 2. The molecule has 0 N–H and O–H groups in total. The Bertz CT molecular complexity index is 1120. The largest absolute Gasteiger partial charge is 0.293 e. The summed E-state index contributed by atoms with van der Waals surface area (Å²) in [7, 11) is 0. The first-order chi connectivity index (χ1) is 14.5. The van der Waals surface area contributed by atoms with Crippen molar-refractivity contribution in [2.75, 3.05) is 0 Å². The number of rotatable bonds is 5. The van der Waals surface area contributed by atoms with Crippen molar-refractivity contribution >= 4 is 11.4 Å². The van der Waals surface area contributed by atoms with Gasteiger partial charge in [-0.25, -0.2) is 13.2 Å². The molecule has 0 saturated carbocycles. The number of hydrogen-bond donors (Lipinski definition) is 0. The third kappa shape index (κ3) is 3.82. The average molecular weight is 406 g/mol. The summed E-state index contributed by atoms with van der Waals surface area (Å²) in [5, 5.41) is 0. The molecule has 30 heavy (non-hydrogen) atoms. The predicted octanol–water partition coefficient (Wildman–Crippen LogP) is 6.74. The zero-order chi connectivity index (χ0) is 21.3. The molecular formula is C26H21F3O. The van der Waals surface area contributed by atoms with Gasteiger partial charge in [-0.15, -0.1) is 0 Å². The molecule has 0 spiro atoms. The van der Waals surface area contributed by atoms with E-state index in [2.05, 4.69) is 6.92 Å². The van der Waals surface area contributed by atoms with Crippen LogP contribution in [0.4, 0.5) is 13.2 Å². The summed E-state index contributed by atoms with van der Waals surface area (Å²) in [6, 6.07) is 17.5. The Morgan fingerprint density at radius 3 is 2.37 bits per heavy atom. The lowest BCUT2D eigenvalue weighted by atomic mass is 9.81. The molecule has 3 aromatic carbocycles. The Hall–Kier alpha value is -3.14. The van der Waals surface area contributed by atoms with Crippen LogP contribution in [-0.2, 0) is 6.42 Å². The molecule has 0 bridgehead atoms. The molecule has 0 fully saturated rings. The van der Waals surface area contributed by atoms with E-state index in [9.17, 15) is 18.0 Å². The molecule has 1 aliphatic rings. The second-order valence-electron chi connectivity index (χ2n) is 7.58. The zero-order valence-corrected chi connectivity index (χ0v) is 16.5. The normalized spacial score (nSPS) is 18.3. The lowest BCUT2D eigenvalue weighted by Gasteiger charge is -2.22. The molecule has 0 amide bonds. The van der Waals surface area contributed by atoms with E-state index in [4.69, 9.17) is 0 Å². The van der Waals surface area contributed by atoms with Crippen LogP contribution in [0.1, 0.15) is 46.3 Å². The van der Waals surface area contributed by atoms with Crippen LogP contribution in [0, 0.1) is 23.4 Å². The maximum absolute atomic E-state index is 13.8. The number of aryl methyl sites for hydroxylation is 1. The molecule has 2 atom stereocenters. The predicted molar refractivity (Wildman–Crippen MR) is 112 cm³/mol. The summed E-state index contributed by atoms with van der Waals surface area (Å²) in [4.78, 5) is 13.3. The first-order valence-corrected chi connectivity index (χ1v) is 10.0. The molecular weight excluding hydrogens is 385 g/mol. The maximum Gasteiger partial charge on any atom is 0.170 e. The smallest absolute Gasteiger partial charge is 0.170 e. The third-order valence-corrected chi connectivity index (χ3v) is 5.81. The number of carbonyl (C=O) groups excluding carboxylic acids is 1. The van der Waals surface area contributed by atoms with Crippen LogP contribution in [0.2, 0.25) is 0 Å². The van der Waals surface area contributed by atoms with E-state index in [0.717, 1.165) is 40.8 Å². The van der Waals surface area contributed by atoms with Crippen molar-refractivity contribution < 1.29 is 18.0 Å². The van der Waals surface area contributed by atoms with Crippen LogP contribution >= 0.6 is 0 Å². The molecule has 3 aromatic rings. The summed E-state index contributed by atoms with van der Waals surface area (Å²) in [5.41, 5.74) is 4.19. The van der Waals surface area contributed by atoms with Gasteiger partial charge in [0.1, 0.15) is 5.82 Å². The first-order valence-electron chi connectivity index (χ1n) is 10.0. The maximum atomic E-state index is 13.8. The molecule has 0 heterocycles. The van der Waals surface area contributed by atoms with Gasteiger partial charge >= 0.3 is 0 Å². The van der Waals surface area contributed by atoms with Crippen molar-refractivity contribution in [1.82, 2.24) is 0 Å². The standard InChI is InChI=1S/C26H21F3O/c1-2-16-5-3-4-6-21(16)22-13-19(17-7-10-20(27)11-8-17)14-23(22)26(30)18-9-12-24(28)25(29)15-18/h3-12,14-15,22-23H,2,13H2,1H3. The van der Waals surface area contributed by atoms with Crippen LogP contribution in [0.5, 0.6) is 0 Å². The number of Topliss-reactive ketones (excluding diaryl/α,β-unsaturated/α-hetero) is 1. The van der Waals surface area contributed by atoms with Crippen LogP contribution in [0.15, 0.2) is 72.8 Å². The SMILES string of the molecule is CCc1ccccc1C1CC(c2ccc(F)cc2)=CC1C(=O)c1ccc(F)c(F)c1. The quantitative estimate of drug-likeness (QED) is 0.429. The molecule has 0 aromatic heterocycles. The van der Waals surface area contributed by atoms with Gasteiger partial charge in [0.2, 0.25) is 0 Å². The number of carbonyl (C=O) groups is 1. The molecule has 1 aliphatic carbocycles. The fourth-order valence-electron chi connectivity index (χ4n) is 4.26. The van der Waals surface area contributed by atoms with E-state index in [0.29, 0.717) is 6.42 Å². The fourth-order valence-corrected chi connectivity index (χ4v) is 4.26. The highest BCUT2D eigenvalue weighted by Crippen LogP contribution is 2.45. The van der Waals surface area contributed by atoms with Crippen molar-refractivity contribution in [3.05, 3.63) is 113 Å². The van der Waals surface area contributed by atoms with Crippen molar-refractivity contribution in [2.24, 2.45) is 5.92 Å². The highest BCUT2D eigenvalue weighted by Gasteiger charge is 2.36. The lowest BCUT2D eigenvalue weighted by Crippen LogP contribution is -2.19. The van der Waals surface area contributed by atoms with Crippen LogP contribution in [-0.4, -0.2) is 5.78 Å². The number of hydrogen-bond acceptors (Lipinski definition) is 1. The Morgan fingerprint density at radius 2 is 1.67 bits per heavy atom. The van der Waals surface area contributed by atoms with Gasteiger partial charge < -0.3 is 0 Å². The monoisotopic (exact) mass is 406 g/mol. The van der Waals surface area contributed by atoms with Crippen molar-refractivity contribution in [3.8, 4) is 0 Å². The van der Waals surface area contributed by atoms with E-state index < -0.39 is 17.6 Å². The van der Waals surface area contributed by atoms with Crippen molar-refractivity contribution in [1.29, 1.82) is 0 Å². The minimum absolute atomic E-state index is 0.123. The lowest BCUT2D eigenvalue weighted by molar-refractivity contribution is 0.0934. The first kappa shape index (κ1) is 20.1. The Balaban J connectivity index is 1.77. The third-order valence-electron chi connectivity index (χ3n) is 5.81. The molecule has 2 unspecified atom stereocenters. The molecule has 4 heteroatoms. The van der Waals surface area contributed by atoms with E-state index >= 15 is 0 Å². The zero-order valence-electron chi connectivity index (χ0n) is 16.5. The molecule has 0 saturated heterocycles. The average Bonchev–Trinajstić information content (AvgIpc) is 3.20. The molecule has 4 rings (SSSR count). The van der Waals surface area contributed by atoms with Gasteiger partial charge in [-0.3, -0.25) is 4.79 Å². The Kier molecular flexibility index (Phi) is 5.58. The van der Waals surface area contributed by atoms with Gasteiger partial charge in [-0.05, 0) is 65.4 Å². The highest BCUT2D eigenvalue weighted by atomic mass is 19.2. The summed E-state index contributed by atoms with van der Waals surface area (Å²) < 4.78 is 40.5. The van der Waals surface area contributed by atoms with Gasteiger partial charge in [-0.2, -0.15) is 0 Å². The number of halogens is 3. The van der Waals surface area contributed by atoms with Crippen LogP contribution in [0.3, 0.4) is 0 Å². The molecule has 152 valence electrons. The second-order valence-corrected chi connectivity index (χ2v) is 7.58. The summed E-state index contributed by atoms with van der Waals surface area (Å²) in [6.07, 6.45) is 3.33. The number of benzene rings is 3. The summed E-state index contributed by atoms with van der Waals surface area (Å²) >= 11 is 0. The topological polar surface area (TPSA) is 17.1 Å². The van der Waals surface area contributed by atoms with E-state index in [1.807, 2.05) is 30.3 Å². The molecule has 0 aliphatic heterocycles. The van der Waals surface area contributed by atoms with E-state index in [1.54, 1.807) is 12.1 Å². The van der Waals surface area contributed by atoms with Crippen LogP contribution < -0.4 is 0 Å². The molecule has 0 radical (unpaired) electrons. The number of ketones is 1. The highest BCUT2D eigenvalue weighted by molar-refractivity contribution is 6.01. The van der Waals surface area contributed by atoms with Gasteiger partial charge in [-0.1, -0.05) is 49.4 Å². The van der Waals surface area contributed by atoms with Gasteiger partial charge in [0.15, 0.2) is 17.4 Å². The van der Waals surface area contributed by atoms with E-state index in [1.165, 1.54) is 18.2 Å². The van der Waals surface area contributed by atoms with Gasteiger partial charge in [0.25, 0.3) is 0 Å². The summed E-state index contributed by atoms with van der Waals surface area (Å²) in [5.74, 6) is -3.22. The Morgan fingerprint density at radius 1 is 0.933 bits per heavy atom. The minimum Gasteiger partial charge on any atom is -0.293 e. The van der Waals surface area contributed by atoms with Crippen molar-refractivity contribution in [2.45, 2.75) is 25.7 Å². The molecule has 1 nitrogen and oxygen atoms in total. The van der Waals surface area contributed by atoms with Crippen molar-refractivity contribution in [3.63, 3.8) is 0 Å². The summed E-state index contributed by atoms with van der Waals surface area (Å²) in [6.45, 7) is 2.06. The second kappa shape index (κ2) is 8.31.